The van der Waals surface area contributed by atoms with Crippen molar-refractivity contribution in [1.82, 2.24) is 5.32 Å². The topological polar surface area (TPSA) is 38.3 Å². The Morgan fingerprint density at radius 2 is 1.82 bits per heavy atom. The molecule has 0 bridgehead atoms. The molecule has 0 aromatic heterocycles. The number of nitrogens with one attached hydrogen (secondary N) is 1. The molecule has 0 amide bonds. The number of rotatable bonds is 4. The van der Waals surface area contributed by atoms with Crippen molar-refractivity contribution in [1.29, 1.82) is 0 Å². The van der Waals surface area contributed by atoms with Gasteiger partial charge >= 0.3 is 5.97 Å². The lowest BCUT2D eigenvalue weighted by Crippen LogP contribution is -2.18. The summed E-state index contributed by atoms with van der Waals surface area (Å²) in [5.41, 5.74) is 0. The predicted molar refractivity (Wildman–Crippen MR) is 67.7 cm³/mol. The van der Waals surface area contributed by atoms with Gasteiger partial charge in [0.2, 0.25) is 0 Å². The summed E-state index contributed by atoms with van der Waals surface area (Å²) in [5.74, 6) is 1.16. The van der Waals surface area contributed by atoms with Crippen LogP contribution in [0.4, 0.5) is 0 Å². The van der Waals surface area contributed by atoms with Crippen molar-refractivity contribution in [2.75, 3.05) is 19.7 Å². The maximum Gasteiger partial charge on any atom is 0.306 e. The molecule has 17 heavy (non-hydrogen) atoms. The van der Waals surface area contributed by atoms with E-state index in [1.54, 1.807) is 0 Å². The van der Waals surface area contributed by atoms with Gasteiger partial charge in [-0.3, -0.25) is 4.79 Å². The Morgan fingerprint density at radius 3 is 2.47 bits per heavy atom. The summed E-state index contributed by atoms with van der Waals surface area (Å²) in [7, 11) is 0. The molecule has 3 heteroatoms. The third kappa shape index (κ3) is 4.66. The fraction of sp³-hybridized carbons (Fsp3) is 0.929. The van der Waals surface area contributed by atoms with Gasteiger partial charge in [-0.2, -0.15) is 0 Å². The first kappa shape index (κ1) is 12.9. The van der Waals surface area contributed by atoms with E-state index in [4.69, 9.17) is 4.74 Å². The first-order valence-corrected chi connectivity index (χ1v) is 7.21. The molecule has 0 radical (unpaired) electrons. The minimum Gasteiger partial charge on any atom is -0.465 e. The van der Waals surface area contributed by atoms with Crippen LogP contribution in [-0.4, -0.2) is 25.7 Å². The molecule has 98 valence electrons. The van der Waals surface area contributed by atoms with Crippen LogP contribution in [0.15, 0.2) is 0 Å². The van der Waals surface area contributed by atoms with Gasteiger partial charge in [0.25, 0.3) is 0 Å². The molecule has 2 rings (SSSR count). The fourth-order valence-corrected chi connectivity index (χ4v) is 2.92. The zero-order chi connectivity index (χ0) is 11.9. The van der Waals surface area contributed by atoms with E-state index < -0.39 is 0 Å². The molecule has 0 aromatic rings. The van der Waals surface area contributed by atoms with E-state index in [-0.39, 0.29) is 5.97 Å². The van der Waals surface area contributed by atoms with E-state index in [1.807, 2.05) is 0 Å². The standard InChI is InChI=1S/C14H25NO2/c16-14(9-13-7-8-15-10-13)17-11-12-5-3-1-2-4-6-12/h12-13,15H,1-11H2. The summed E-state index contributed by atoms with van der Waals surface area (Å²) < 4.78 is 5.43. The van der Waals surface area contributed by atoms with Gasteiger partial charge in [-0.1, -0.05) is 25.7 Å². The highest BCUT2D eigenvalue weighted by atomic mass is 16.5. The van der Waals surface area contributed by atoms with Crippen molar-refractivity contribution in [3.05, 3.63) is 0 Å². The summed E-state index contributed by atoms with van der Waals surface area (Å²) >= 11 is 0. The zero-order valence-electron chi connectivity index (χ0n) is 10.7. The van der Waals surface area contributed by atoms with E-state index in [0.29, 0.717) is 24.9 Å². The Bertz CT molecular complexity index is 228. The third-order valence-corrected chi connectivity index (χ3v) is 4.07. The predicted octanol–water partition coefficient (Wildman–Crippen LogP) is 2.50. The molecular weight excluding hydrogens is 214 g/mol. The van der Waals surface area contributed by atoms with Crippen molar-refractivity contribution >= 4 is 5.97 Å². The third-order valence-electron chi connectivity index (χ3n) is 4.07. The van der Waals surface area contributed by atoms with Gasteiger partial charge in [0.1, 0.15) is 0 Å². The number of ether oxygens (including phenoxy) is 1. The quantitative estimate of drug-likeness (QED) is 0.605. The Labute approximate surface area is 104 Å². The summed E-state index contributed by atoms with van der Waals surface area (Å²) in [6.45, 7) is 2.71. The highest BCUT2D eigenvalue weighted by Crippen LogP contribution is 2.23. The molecule has 1 aliphatic heterocycles. The van der Waals surface area contributed by atoms with Crippen LogP contribution < -0.4 is 5.32 Å². The van der Waals surface area contributed by atoms with E-state index in [0.717, 1.165) is 19.5 Å². The van der Waals surface area contributed by atoms with Gasteiger partial charge in [-0.15, -0.1) is 0 Å². The smallest absolute Gasteiger partial charge is 0.306 e. The molecule has 3 nitrogen and oxygen atoms in total. The molecule has 2 fully saturated rings. The molecule has 1 saturated carbocycles. The molecule has 1 saturated heterocycles. The van der Waals surface area contributed by atoms with Gasteiger partial charge in [-0.25, -0.2) is 0 Å². The van der Waals surface area contributed by atoms with Crippen LogP contribution in [-0.2, 0) is 9.53 Å². The SMILES string of the molecule is O=C(CC1CCNC1)OCC1CCCCCC1. The Kier molecular flexibility index (Phi) is 5.30. The highest BCUT2D eigenvalue weighted by molar-refractivity contribution is 5.69. The van der Waals surface area contributed by atoms with Crippen molar-refractivity contribution < 1.29 is 9.53 Å². The minimum atomic E-state index is 0.0166. The van der Waals surface area contributed by atoms with Gasteiger partial charge in [0.15, 0.2) is 0 Å². The zero-order valence-corrected chi connectivity index (χ0v) is 10.7. The molecule has 1 heterocycles. The Balaban J connectivity index is 1.61. The van der Waals surface area contributed by atoms with Crippen LogP contribution in [0.5, 0.6) is 0 Å². The Morgan fingerprint density at radius 1 is 1.06 bits per heavy atom. The summed E-state index contributed by atoms with van der Waals surface area (Å²) in [6.07, 6.45) is 9.58. The molecular formula is C14H25NO2. The van der Waals surface area contributed by atoms with Gasteiger partial charge in [0.05, 0.1) is 6.61 Å². The van der Waals surface area contributed by atoms with Crippen LogP contribution >= 0.6 is 0 Å². The van der Waals surface area contributed by atoms with E-state index in [9.17, 15) is 4.79 Å². The highest BCUT2D eigenvalue weighted by Gasteiger charge is 2.20. The van der Waals surface area contributed by atoms with Crippen molar-refractivity contribution in [2.45, 2.75) is 51.4 Å². The number of hydrogen-bond acceptors (Lipinski definition) is 3. The monoisotopic (exact) mass is 239 g/mol. The number of carbonyl (C=O) groups excluding carboxylic acids is 1. The van der Waals surface area contributed by atoms with Crippen LogP contribution in [0.25, 0.3) is 0 Å². The molecule has 1 N–H and O–H groups in total. The van der Waals surface area contributed by atoms with Gasteiger partial charge < -0.3 is 10.1 Å². The lowest BCUT2D eigenvalue weighted by Gasteiger charge is -2.15. The van der Waals surface area contributed by atoms with E-state index in [1.165, 1.54) is 38.5 Å². The van der Waals surface area contributed by atoms with Crippen molar-refractivity contribution in [3.8, 4) is 0 Å². The molecule has 0 aromatic carbocycles. The fourth-order valence-electron chi connectivity index (χ4n) is 2.92. The second-order valence-corrected chi connectivity index (χ2v) is 5.60. The second-order valence-electron chi connectivity index (χ2n) is 5.60. The normalized spacial score (nSPS) is 26.7. The summed E-state index contributed by atoms with van der Waals surface area (Å²) in [5, 5.41) is 3.28. The molecule has 0 spiro atoms. The Hall–Kier alpha value is -0.570. The average molecular weight is 239 g/mol. The largest absolute Gasteiger partial charge is 0.465 e. The first-order valence-electron chi connectivity index (χ1n) is 7.21. The minimum absolute atomic E-state index is 0.0166. The number of esters is 1. The molecule has 2 aliphatic rings. The van der Waals surface area contributed by atoms with Crippen molar-refractivity contribution in [3.63, 3.8) is 0 Å². The second kappa shape index (κ2) is 7.00. The van der Waals surface area contributed by atoms with Crippen molar-refractivity contribution in [2.24, 2.45) is 11.8 Å². The number of carbonyl (C=O) groups is 1. The van der Waals surface area contributed by atoms with E-state index in [2.05, 4.69) is 5.32 Å². The maximum atomic E-state index is 11.7. The maximum absolute atomic E-state index is 11.7. The van der Waals surface area contributed by atoms with Crippen LogP contribution in [0, 0.1) is 11.8 Å². The molecule has 1 aliphatic carbocycles. The van der Waals surface area contributed by atoms with Crippen LogP contribution in [0.2, 0.25) is 0 Å². The summed E-state index contributed by atoms with van der Waals surface area (Å²) in [4.78, 5) is 11.7. The van der Waals surface area contributed by atoms with Crippen LogP contribution in [0.3, 0.4) is 0 Å². The lowest BCUT2D eigenvalue weighted by molar-refractivity contribution is -0.146. The molecule has 1 unspecified atom stereocenters. The first-order chi connectivity index (χ1) is 8.34. The van der Waals surface area contributed by atoms with Crippen LogP contribution in [0.1, 0.15) is 51.4 Å². The van der Waals surface area contributed by atoms with Gasteiger partial charge in [-0.05, 0) is 44.2 Å². The number of hydrogen-bond donors (Lipinski definition) is 1. The van der Waals surface area contributed by atoms with E-state index >= 15 is 0 Å². The average Bonchev–Trinajstić information content (AvgIpc) is 2.68. The van der Waals surface area contributed by atoms with Gasteiger partial charge in [0, 0.05) is 6.42 Å². The summed E-state index contributed by atoms with van der Waals surface area (Å²) in [6, 6.07) is 0. The molecule has 1 atom stereocenters. The lowest BCUT2D eigenvalue weighted by atomic mass is 10.0.